The van der Waals surface area contributed by atoms with E-state index < -0.39 is 0 Å². The molecule has 5 nitrogen and oxygen atoms in total. The van der Waals surface area contributed by atoms with E-state index in [0.29, 0.717) is 5.69 Å². The molecule has 0 aliphatic rings. The summed E-state index contributed by atoms with van der Waals surface area (Å²) in [6.45, 7) is -0.161. The van der Waals surface area contributed by atoms with Gasteiger partial charge in [0.15, 0.2) is 0 Å². The molecule has 6 heteroatoms. The Morgan fingerprint density at radius 3 is 2.48 bits per heavy atom. The molecule has 0 saturated carbocycles. The predicted octanol–water partition coefficient (Wildman–Crippen LogP) is 3.39. The summed E-state index contributed by atoms with van der Waals surface area (Å²) in [5, 5.41) is 10.6. The van der Waals surface area contributed by atoms with Crippen LogP contribution in [0.15, 0.2) is 53.4 Å². The SMILES string of the molecule is COc1ccc([C@@H](C[N+](=O)[O-])Sc2ccccc2N)cc1. The first kappa shape index (κ1) is 15.2. The van der Waals surface area contributed by atoms with Gasteiger partial charge < -0.3 is 10.5 Å². The summed E-state index contributed by atoms with van der Waals surface area (Å²) in [7, 11) is 1.59. The molecule has 0 radical (unpaired) electrons. The second-order valence-electron chi connectivity index (χ2n) is 4.43. The van der Waals surface area contributed by atoms with Crippen molar-refractivity contribution < 1.29 is 9.66 Å². The number of anilines is 1. The molecule has 0 aromatic heterocycles. The van der Waals surface area contributed by atoms with Crippen molar-refractivity contribution in [3.63, 3.8) is 0 Å². The molecule has 21 heavy (non-hydrogen) atoms. The number of nitrogen functional groups attached to an aromatic ring is 1. The molecule has 0 bridgehead atoms. The van der Waals surface area contributed by atoms with Gasteiger partial charge in [0, 0.05) is 15.5 Å². The highest BCUT2D eigenvalue weighted by molar-refractivity contribution is 7.99. The number of para-hydroxylation sites is 1. The number of hydrogen-bond acceptors (Lipinski definition) is 5. The summed E-state index contributed by atoms with van der Waals surface area (Å²) in [5.41, 5.74) is 7.42. The number of ether oxygens (including phenoxy) is 1. The third-order valence-corrected chi connectivity index (χ3v) is 4.32. The highest BCUT2D eigenvalue weighted by atomic mass is 32.2. The molecule has 0 heterocycles. The summed E-state index contributed by atoms with van der Waals surface area (Å²) in [6, 6.07) is 14.7. The summed E-state index contributed by atoms with van der Waals surface area (Å²) in [5.74, 6) is 0.725. The summed E-state index contributed by atoms with van der Waals surface area (Å²) >= 11 is 1.40. The van der Waals surface area contributed by atoms with Gasteiger partial charge >= 0.3 is 0 Å². The third-order valence-electron chi connectivity index (χ3n) is 2.99. The third kappa shape index (κ3) is 4.13. The Morgan fingerprint density at radius 1 is 1.24 bits per heavy atom. The number of rotatable bonds is 6. The fourth-order valence-corrected chi connectivity index (χ4v) is 3.06. The van der Waals surface area contributed by atoms with Crippen LogP contribution in [0.25, 0.3) is 0 Å². The zero-order chi connectivity index (χ0) is 15.2. The summed E-state index contributed by atoms with van der Waals surface area (Å²) in [4.78, 5) is 11.5. The van der Waals surface area contributed by atoms with Crippen LogP contribution in [0.5, 0.6) is 5.75 Å². The van der Waals surface area contributed by atoms with Crippen LogP contribution in [0.1, 0.15) is 10.8 Å². The Labute approximate surface area is 127 Å². The second kappa shape index (κ2) is 6.99. The number of nitrogens with zero attached hydrogens (tertiary/aromatic N) is 1. The first-order valence-electron chi connectivity index (χ1n) is 6.37. The molecule has 1 atom stereocenters. The van der Waals surface area contributed by atoms with Crippen molar-refractivity contribution in [3.8, 4) is 5.75 Å². The molecule has 0 fully saturated rings. The fourth-order valence-electron chi connectivity index (χ4n) is 1.91. The second-order valence-corrected chi connectivity index (χ2v) is 5.68. The smallest absolute Gasteiger partial charge is 0.220 e. The molecular weight excluding hydrogens is 288 g/mol. The van der Waals surface area contributed by atoms with Crippen LogP contribution >= 0.6 is 11.8 Å². The number of nitrogens with two attached hydrogens (primary N) is 1. The fraction of sp³-hybridized carbons (Fsp3) is 0.200. The van der Waals surface area contributed by atoms with Crippen molar-refractivity contribution in [3.05, 3.63) is 64.2 Å². The summed E-state index contributed by atoms with van der Waals surface area (Å²) < 4.78 is 5.11. The standard InChI is InChI=1S/C15H16N2O3S/c1-20-12-8-6-11(7-9-12)15(10-17(18)19)21-14-5-3-2-4-13(14)16/h2-9,15H,10,16H2,1H3/t15-/m1/s1. The number of benzene rings is 2. The Morgan fingerprint density at radius 2 is 1.90 bits per heavy atom. The van der Waals surface area contributed by atoms with E-state index in [1.165, 1.54) is 11.8 Å². The van der Waals surface area contributed by atoms with E-state index in [0.717, 1.165) is 16.2 Å². The number of hydrogen-bond donors (Lipinski definition) is 1. The lowest BCUT2D eigenvalue weighted by molar-refractivity contribution is -0.479. The van der Waals surface area contributed by atoms with Gasteiger partial charge in [0.1, 0.15) is 5.75 Å². The van der Waals surface area contributed by atoms with Crippen LogP contribution in [0.2, 0.25) is 0 Å². The zero-order valence-corrected chi connectivity index (χ0v) is 12.4. The maximum Gasteiger partial charge on any atom is 0.220 e. The summed E-state index contributed by atoms with van der Waals surface area (Å²) in [6.07, 6.45) is 0. The molecule has 0 aliphatic carbocycles. The molecule has 2 N–H and O–H groups in total. The highest BCUT2D eigenvalue weighted by Gasteiger charge is 2.20. The molecule has 2 aromatic rings. The molecule has 2 rings (SSSR count). The minimum absolute atomic E-state index is 0.161. The van der Waals surface area contributed by atoms with Gasteiger partial charge in [0.2, 0.25) is 6.54 Å². The Kier molecular flexibility index (Phi) is 5.05. The van der Waals surface area contributed by atoms with Crippen LogP contribution < -0.4 is 10.5 Å². The minimum atomic E-state index is -0.305. The van der Waals surface area contributed by atoms with E-state index in [2.05, 4.69) is 0 Å². The van der Waals surface area contributed by atoms with E-state index in [4.69, 9.17) is 10.5 Å². The lowest BCUT2D eigenvalue weighted by Crippen LogP contribution is -2.10. The van der Waals surface area contributed by atoms with E-state index >= 15 is 0 Å². The van der Waals surface area contributed by atoms with Crippen molar-refractivity contribution in [2.75, 3.05) is 19.4 Å². The zero-order valence-electron chi connectivity index (χ0n) is 11.6. The van der Waals surface area contributed by atoms with Crippen molar-refractivity contribution >= 4 is 17.4 Å². The average Bonchev–Trinajstić information content (AvgIpc) is 2.48. The molecule has 0 saturated heterocycles. The van der Waals surface area contributed by atoms with Gasteiger partial charge in [-0.1, -0.05) is 24.3 Å². The molecule has 0 spiro atoms. The van der Waals surface area contributed by atoms with Gasteiger partial charge in [-0.3, -0.25) is 10.1 Å². The van der Waals surface area contributed by atoms with Crippen LogP contribution in [0.4, 0.5) is 5.69 Å². The van der Waals surface area contributed by atoms with Gasteiger partial charge in [-0.2, -0.15) is 0 Å². The minimum Gasteiger partial charge on any atom is -0.497 e. The van der Waals surface area contributed by atoms with Gasteiger partial charge in [-0.15, -0.1) is 11.8 Å². The predicted molar refractivity (Wildman–Crippen MR) is 84.3 cm³/mol. The molecular formula is C15H16N2O3S. The van der Waals surface area contributed by atoms with Crippen LogP contribution in [0.3, 0.4) is 0 Å². The molecule has 0 unspecified atom stereocenters. The van der Waals surface area contributed by atoms with Crippen molar-refractivity contribution in [2.24, 2.45) is 0 Å². The van der Waals surface area contributed by atoms with Crippen molar-refractivity contribution in [1.29, 1.82) is 0 Å². The maximum atomic E-state index is 10.9. The van der Waals surface area contributed by atoms with E-state index in [1.807, 2.05) is 30.3 Å². The highest BCUT2D eigenvalue weighted by Crippen LogP contribution is 2.38. The molecule has 0 amide bonds. The Balaban J connectivity index is 2.25. The van der Waals surface area contributed by atoms with Gasteiger partial charge in [-0.05, 0) is 29.8 Å². The van der Waals surface area contributed by atoms with E-state index in [1.54, 1.807) is 25.3 Å². The largest absolute Gasteiger partial charge is 0.497 e. The average molecular weight is 304 g/mol. The van der Waals surface area contributed by atoms with Crippen molar-refractivity contribution in [1.82, 2.24) is 0 Å². The van der Waals surface area contributed by atoms with Gasteiger partial charge in [-0.25, -0.2) is 0 Å². The lowest BCUT2D eigenvalue weighted by Gasteiger charge is -2.14. The first-order chi connectivity index (χ1) is 10.1. The van der Waals surface area contributed by atoms with Crippen LogP contribution in [0, 0.1) is 10.1 Å². The Bertz CT molecular complexity index is 617. The van der Waals surface area contributed by atoms with E-state index in [9.17, 15) is 10.1 Å². The number of methoxy groups -OCH3 is 1. The Hall–Kier alpha value is -2.21. The van der Waals surface area contributed by atoms with Crippen LogP contribution in [-0.2, 0) is 0 Å². The van der Waals surface area contributed by atoms with Crippen LogP contribution in [-0.4, -0.2) is 18.6 Å². The van der Waals surface area contributed by atoms with Gasteiger partial charge in [0.25, 0.3) is 0 Å². The topological polar surface area (TPSA) is 78.4 Å². The number of thioether (sulfide) groups is 1. The van der Waals surface area contributed by atoms with Crippen molar-refractivity contribution in [2.45, 2.75) is 10.1 Å². The monoisotopic (exact) mass is 304 g/mol. The quantitative estimate of drug-likeness (QED) is 0.383. The molecule has 110 valence electrons. The van der Waals surface area contributed by atoms with E-state index in [-0.39, 0.29) is 16.7 Å². The molecule has 0 aliphatic heterocycles. The first-order valence-corrected chi connectivity index (χ1v) is 7.25. The molecule has 2 aromatic carbocycles. The normalized spacial score (nSPS) is 11.9. The number of nitro groups is 1. The van der Waals surface area contributed by atoms with Gasteiger partial charge in [0.05, 0.1) is 12.4 Å². The lowest BCUT2D eigenvalue weighted by atomic mass is 10.1. The maximum absolute atomic E-state index is 10.9.